The van der Waals surface area contributed by atoms with Gasteiger partial charge in [-0.25, -0.2) is 0 Å². The number of ether oxygens (including phenoxy) is 2. The average Bonchev–Trinajstić information content (AvgIpc) is 2.94. The summed E-state index contributed by atoms with van der Waals surface area (Å²) in [6, 6.07) is 9.52. The van der Waals surface area contributed by atoms with Gasteiger partial charge < -0.3 is 14.6 Å². The SMILES string of the molecule is O=C1C[C@H]2C[C@H](CC3(C2)OCCO3)[C@H]1[C@@H](O)c1ccccc1. The largest absolute Gasteiger partial charge is 0.388 e. The molecule has 1 saturated heterocycles. The van der Waals surface area contributed by atoms with Gasteiger partial charge in [-0.3, -0.25) is 4.79 Å². The molecule has 1 aromatic rings. The lowest BCUT2D eigenvalue weighted by Gasteiger charge is -2.47. The maximum atomic E-state index is 12.6. The molecule has 4 nitrogen and oxygen atoms in total. The molecular formula is C18H22O4. The Labute approximate surface area is 130 Å². The lowest BCUT2D eigenvalue weighted by atomic mass is 9.62. The van der Waals surface area contributed by atoms with Crippen LogP contribution in [0.1, 0.15) is 37.4 Å². The van der Waals surface area contributed by atoms with Crippen LogP contribution in [-0.2, 0) is 14.3 Å². The molecule has 1 aliphatic heterocycles. The summed E-state index contributed by atoms with van der Waals surface area (Å²) in [5, 5.41) is 10.8. The van der Waals surface area contributed by atoms with Gasteiger partial charge in [-0.2, -0.15) is 0 Å². The van der Waals surface area contributed by atoms with E-state index >= 15 is 0 Å². The Morgan fingerprint density at radius 3 is 2.59 bits per heavy atom. The number of carbonyl (C=O) groups excluding carboxylic acids is 1. The molecule has 2 saturated carbocycles. The maximum absolute atomic E-state index is 12.6. The number of aliphatic hydroxyl groups excluding tert-OH is 1. The monoisotopic (exact) mass is 302 g/mol. The first-order valence-corrected chi connectivity index (χ1v) is 8.20. The fraction of sp³-hybridized carbons (Fsp3) is 0.611. The van der Waals surface area contributed by atoms with Gasteiger partial charge in [0.25, 0.3) is 0 Å². The summed E-state index contributed by atoms with van der Waals surface area (Å²) in [7, 11) is 0. The molecule has 2 aliphatic carbocycles. The van der Waals surface area contributed by atoms with Gasteiger partial charge in [0.05, 0.1) is 25.2 Å². The number of aliphatic hydroxyl groups is 1. The van der Waals surface area contributed by atoms with Crippen LogP contribution < -0.4 is 0 Å². The Hall–Kier alpha value is -1.23. The van der Waals surface area contributed by atoms with Crippen molar-refractivity contribution in [2.24, 2.45) is 17.8 Å². The molecule has 4 atom stereocenters. The molecule has 1 N–H and O–H groups in total. The van der Waals surface area contributed by atoms with Gasteiger partial charge in [0.1, 0.15) is 5.78 Å². The van der Waals surface area contributed by atoms with Crippen LogP contribution in [0.2, 0.25) is 0 Å². The second-order valence-corrected chi connectivity index (χ2v) is 6.93. The topological polar surface area (TPSA) is 55.8 Å². The van der Waals surface area contributed by atoms with E-state index in [1.807, 2.05) is 30.3 Å². The molecule has 1 spiro atoms. The van der Waals surface area contributed by atoms with Crippen molar-refractivity contribution in [1.82, 2.24) is 0 Å². The van der Waals surface area contributed by atoms with Crippen LogP contribution in [0, 0.1) is 17.8 Å². The van der Waals surface area contributed by atoms with Crippen LogP contribution in [0.5, 0.6) is 0 Å². The van der Waals surface area contributed by atoms with Crippen molar-refractivity contribution in [3.8, 4) is 0 Å². The highest BCUT2D eigenvalue weighted by Crippen LogP contribution is 2.51. The average molecular weight is 302 g/mol. The number of hydrogen-bond acceptors (Lipinski definition) is 4. The smallest absolute Gasteiger partial charge is 0.169 e. The molecule has 118 valence electrons. The molecule has 0 radical (unpaired) electrons. The Kier molecular flexibility index (Phi) is 3.56. The maximum Gasteiger partial charge on any atom is 0.169 e. The molecule has 1 heterocycles. The minimum absolute atomic E-state index is 0.147. The van der Waals surface area contributed by atoms with Crippen molar-refractivity contribution in [2.75, 3.05) is 13.2 Å². The summed E-state index contributed by atoms with van der Waals surface area (Å²) in [6.07, 6.45) is 2.36. The fourth-order valence-corrected chi connectivity index (χ4v) is 4.65. The summed E-state index contributed by atoms with van der Waals surface area (Å²) in [5.41, 5.74) is 0.826. The highest BCUT2D eigenvalue weighted by Gasteiger charge is 2.52. The molecule has 1 aromatic carbocycles. The van der Waals surface area contributed by atoms with E-state index in [0.29, 0.717) is 25.6 Å². The predicted molar refractivity (Wildman–Crippen MR) is 80.0 cm³/mol. The molecule has 3 aliphatic rings. The van der Waals surface area contributed by atoms with Crippen LogP contribution in [0.15, 0.2) is 30.3 Å². The lowest BCUT2D eigenvalue weighted by Crippen LogP contribution is -2.49. The minimum atomic E-state index is -0.726. The standard InChI is InChI=1S/C18H22O4/c19-15-9-12-8-14(11-18(10-12)21-6-7-22-18)16(15)17(20)13-4-2-1-3-5-13/h1-5,12,14,16-17,20H,6-11H2/t12-,14-,16-,17+/m1/s1. The van der Waals surface area contributed by atoms with Crippen LogP contribution >= 0.6 is 0 Å². The van der Waals surface area contributed by atoms with E-state index < -0.39 is 11.9 Å². The second kappa shape index (κ2) is 5.44. The zero-order valence-corrected chi connectivity index (χ0v) is 12.6. The molecule has 22 heavy (non-hydrogen) atoms. The first kappa shape index (κ1) is 14.4. The number of carbonyl (C=O) groups is 1. The third kappa shape index (κ3) is 2.39. The highest BCUT2D eigenvalue weighted by molar-refractivity contribution is 5.83. The predicted octanol–water partition coefficient (Wildman–Crippen LogP) is 2.47. The molecule has 0 aromatic heterocycles. The number of rotatable bonds is 2. The third-order valence-electron chi connectivity index (χ3n) is 5.47. The molecule has 0 amide bonds. The van der Waals surface area contributed by atoms with Gasteiger partial charge >= 0.3 is 0 Å². The van der Waals surface area contributed by atoms with E-state index in [1.54, 1.807) is 0 Å². The van der Waals surface area contributed by atoms with Crippen molar-refractivity contribution >= 4 is 5.78 Å². The van der Waals surface area contributed by atoms with Crippen molar-refractivity contribution in [1.29, 1.82) is 0 Å². The Bertz CT molecular complexity index is 549. The number of hydrogen-bond donors (Lipinski definition) is 1. The Balaban J connectivity index is 1.60. The van der Waals surface area contributed by atoms with E-state index in [4.69, 9.17) is 9.47 Å². The molecule has 0 unspecified atom stereocenters. The lowest BCUT2D eigenvalue weighted by molar-refractivity contribution is -0.212. The quantitative estimate of drug-likeness (QED) is 0.912. The van der Waals surface area contributed by atoms with Gasteiger partial charge in [0, 0.05) is 19.3 Å². The van der Waals surface area contributed by atoms with Crippen molar-refractivity contribution in [2.45, 2.75) is 37.6 Å². The summed E-state index contributed by atoms with van der Waals surface area (Å²) < 4.78 is 11.7. The van der Waals surface area contributed by atoms with Gasteiger partial charge in [-0.15, -0.1) is 0 Å². The summed E-state index contributed by atoms with van der Waals surface area (Å²) >= 11 is 0. The van der Waals surface area contributed by atoms with Crippen LogP contribution in [0.25, 0.3) is 0 Å². The third-order valence-corrected chi connectivity index (χ3v) is 5.47. The van der Waals surface area contributed by atoms with Gasteiger partial charge in [0.2, 0.25) is 0 Å². The zero-order chi connectivity index (χ0) is 15.2. The number of fused-ring (bicyclic) bond motifs is 2. The number of ketones is 1. The molecule has 4 heteroatoms. The second-order valence-electron chi connectivity index (χ2n) is 6.93. The van der Waals surface area contributed by atoms with Crippen molar-refractivity contribution < 1.29 is 19.4 Å². The summed E-state index contributed by atoms with van der Waals surface area (Å²) in [5.74, 6) is -0.144. The Morgan fingerprint density at radius 1 is 1.14 bits per heavy atom. The molecule has 4 rings (SSSR count). The highest BCUT2D eigenvalue weighted by atomic mass is 16.7. The van der Waals surface area contributed by atoms with E-state index in [-0.39, 0.29) is 17.6 Å². The fourth-order valence-electron chi connectivity index (χ4n) is 4.65. The van der Waals surface area contributed by atoms with E-state index in [0.717, 1.165) is 24.8 Å². The first-order valence-electron chi connectivity index (χ1n) is 8.20. The number of Topliss-reactive ketones (excluding diaryl/α,β-unsaturated/α-hetero) is 1. The van der Waals surface area contributed by atoms with Gasteiger partial charge in [-0.1, -0.05) is 30.3 Å². The first-order chi connectivity index (χ1) is 10.7. The summed E-state index contributed by atoms with van der Waals surface area (Å²) in [6.45, 7) is 1.28. The minimum Gasteiger partial charge on any atom is -0.388 e. The normalized spacial score (nSPS) is 34.8. The molecular weight excluding hydrogens is 280 g/mol. The summed E-state index contributed by atoms with van der Waals surface area (Å²) in [4.78, 5) is 12.6. The zero-order valence-electron chi connectivity index (χ0n) is 12.6. The Morgan fingerprint density at radius 2 is 1.86 bits per heavy atom. The van der Waals surface area contributed by atoms with Crippen molar-refractivity contribution in [3.63, 3.8) is 0 Å². The van der Waals surface area contributed by atoms with E-state index in [1.165, 1.54) is 0 Å². The molecule has 2 bridgehead atoms. The van der Waals surface area contributed by atoms with E-state index in [2.05, 4.69) is 0 Å². The number of benzene rings is 1. The van der Waals surface area contributed by atoms with Crippen LogP contribution in [0.3, 0.4) is 0 Å². The van der Waals surface area contributed by atoms with Crippen LogP contribution in [0.4, 0.5) is 0 Å². The van der Waals surface area contributed by atoms with Crippen molar-refractivity contribution in [3.05, 3.63) is 35.9 Å². The molecule has 3 fully saturated rings. The van der Waals surface area contributed by atoms with Crippen LogP contribution in [-0.4, -0.2) is 29.9 Å². The van der Waals surface area contributed by atoms with Gasteiger partial charge in [-0.05, 0) is 23.8 Å². The van der Waals surface area contributed by atoms with E-state index in [9.17, 15) is 9.90 Å². The van der Waals surface area contributed by atoms with Gasteiger partial charge in [0.15, 0.2) is 5.79 Å².